The average Bonchev–Trinajstić information content (AvgIpc) is 1.85. The van der Waals surface area contributed by atoms with Crippen LogP contribution in [0.5, 0.6) is 0 Å². The molecule has 0 heterocycles. The van der Waals surface area contributed by atoms with E-state index in [1.54, 1.807) is 6.08 Å². The van der Waals surface area contributed by atoms with Crippen LogP contribution in [-0.2, 0) is 0 Å². The van der Waals surface area contributed by atoms with Crippen molar-refractivity contribution >= 4 is 0 Å². The highest BCUT2D eigenvalue weighted by Gasteiger charge is 2.41. The Labute approximate surface area is 76.5 Å². The van der Waals surface area contributed by atoms with Crippen LogP contribution in [0.25, 0.3) is 0 Å². The maximum atomic E-state index is 10.4. The van der Waals surface area contributed by atoms with Crippen LogP contribution >= 0.6 is 0 Å². The lowest BCUT2D eigenvalue weighted by Gasteiger charge is -2.43. The minimum absolute atomic E-state index is 0.0879. The standard InChI is InChI=1S/C11H22O/c1-7-8-11(12,9(2)3)10(4,5)6/h7,9,12H,1,8H2,2-6H3. The average molecular weight is 170 g/mol. The van der Waals surface area contributed by atoms with E-state index < -0.39 is 5.60 Å². The number of rotatable bonds is 3. The largest absolute Gasteiger partial charge is 0.389 e. The van der Waals surface area contributed by atoms with Crippen molar-refractivity contribution in [2.24, 2.45) is 11.3 Å². The van der Waals surface area contributed by atoms with Gasteiger partial charge in [-0.15, -0.1) is 6.58 Å². The summed E-state index contributed by atoms with van der Waals surface area (Å²) in [5.74, 6) is 0.260. The van der Waals surface area contributed by atoms with Crippen molar-refractivity contribution in [1.29, 1.82) is 0 Å². The molecule has 0 aromatic heterocycles. The molecular weight excluding hydrogens is 148 g/mol. The lowest BCUT2D eigenvalue weighted by atomic mass is 9.68. The maximum absolute atomic E-state index is 10.4. The van der Waals surface area contributed by atoms with Gasteiger partial charge in [0, 0.05) is 0 Å². The van der Waals surface area contributed by atoms with Crippen molar-refractivity contribution in [1.82, 2.24) is 0 Å². The Hall–Kier alpha value is -0.300. The molecule has 1 heteroatoms. The molecule has 0 fully saturated rings. The molecule has 0 aromatic rings. The fourth-order valence-corrected chi connectivity index (χ4v) is 1.63. The van der Waals surface area contributed by atoms with Gasteiger partial charge in [-0.3, -0.25) is 0 Å². The molecule has 12 heavy (non-hydrogen) atoms. The Morgan fingerprint density at radius 3 is 1.83 bits per heavy atom. The first kappa shape index (κ1) is 11.7. The molecule has 0 radical (unpaired) electrons. The fraction of sp³-hybridized carbons (Fsp3) is 0.818. The molecule has 0 saturated heterocycles. The van der Waals surface area contributed by atoms with Crippen LogP contribution in [0.1, 0.15) is 41.0 Å². The Balaban J connectivity index is 4.73. The molecule has 1 nitrogen and oxygen atoms in total. The summed E-state index contributed by atoms with van der Waals surface area (Å²) in [5, 5.41) is 10.4. The van der Waals surface area contributed by atoms with Crippen molar-refractivity contribution in [2.75, 3.05) is 0 Å². The summed E-state index contributed by atoms with van der Waals surface area (Å²) in [6.45, 7) is 14.0. The molecule has 0 saturated carbocycles. The second-order valence-corrected chi connectivity index (χ2v) is 4.82. The first-order valence-corrected chi connectivity index (χ1v) is 4.59. The molecule has 0 aromatic carbocycles. The van der Waals surface area contributed by atoms with E-state index in [2.05, 4.69) is 41.2 Å². The summed E-state index contributed by atoms with van der Waals surface area (Å²) in [5.41, 5.74) is -0.718. The van der Waals surface area contributed by atoms with Gasteiger partial charge in [0.2, 0.25) is 0 Å². The van der Waals surface area contributed by atoms with E-state index in [0.717, 1.165) is 0 Å². The normalized spacial score (nSPS) is 17.6. The van der Waals surface area contributed by atoms with E-state index in [1.165, 1.54) is 0 Å². The molecular formula is C11H22O. The first-order valence-electron chi connectivity index (χ1n) is 4.59. The van der Waals surface area contributed by atoms with Crippen molar-refractivity contribution in [3.05, 3.63) is 12.7 Å². The maximum Gasteiger partial charge on any atom is 0.0752 e. The Morgan fingerprint density at radius 2 is 1.75 bits per heavy atom. The van der Waals surface area contributed by atoms with Gasteiger partial charge >= 0.3 is 0 Å². The summed E-state index contributed by atoms with van der Waals surface area (Å²) in [6, 6.07) is 0. The predicted octanol–water partition coefficient (Wildman–Crippen LogP) is 3.00. The second-order valence-electron chi connectivity index (χ2n) is 4.82. The first-order chi connectivity index (χ1) is 5.25. The van der Waals surface area contributed by atoms with Gasteiger partial charge in [0.15, 0.2) is 0 Å². The molecule has 1 atom stereocenters. The van der Waals surface area contributed by atoms with Gasteiger partial charge in [0.1, 0.15) is 0 Å². The van der Waals surface area contributed by atoms with Gasteiger partial charge in [-0.05, 0) is 17.8 Å². The van der Waals surface area contributed by atoms with E-state index in [0.29, 0.717) is 6.42 Å². The van der Waals surface area contributed by atoms with Crippen molar-refractivity contribution in [3.63, 3.8) is 0 Å². The van der Waals surface area contributed by atoms with Crippen LogP contribution < -0.4 is 0 Å². The summed E-state index contributed by atoms with van der Waals surface area (Å²) in [4.78, 5) is 0. The topological polar surface area (TPSA) is 20.2 Å². The zero-order chi connectivity index (χ0) is 9.99. The van der Waals surface area contributed by atoms with Crippen LogP contribution in [0.4, 0.5) is 0 Å². The predicted molar refractivity (Wildman–Crippen MR) is 54.1 cm³/mol. The molecule has 0 amide bonds. The van der Waals surface area contributed by atoms with Gasteiger partial charge in [-0.25, -0.2) is 0 Å². The third-order valence-corrected chi connectivity index (χ3v) is 2.71. The van der Waals surface area contributed by atoms with Gasteiger partial charge in [-0.2, -0.15) is 0 Å². The van der Waals surface area contributed by atoms with Crippen LogP contribution in [0, 0.1) is 11.3 Å². The third kappa shape index (κ3) is 2.10. The number of hydrogen-bond donors (Lipinski definition) is 1. The van der Waals surface area contributed by atoms with E-state index in [9.17, 15) is 5.11 Å². The second kappa shape index (κ2) is 3.61. The molecule has 0 aliphatic carbocycles. The highest BCUT2D eigenvalue weighted by Crippen LogP contribution is 2.39. The monoisotopic (exact) mass is 170 g/mol. The van der Waals surface area contributed by atoms with Gasteiger partial charge in [-0.1, -0.05) is 40.7 Å². The lowest BCUT2D eigenvalue weighted by molar-refractivity contribution is -0.0917. The van der Waals surface area contributed by atoms with Crippen LogP contribution in [0.2, 0.25) is 0 Å². The fourth-order valence-electron chi connectivity index (χ4n) is 1.63. The van der Waals surface area contributed by atoms with Crippen LogP contribution in [0.15, 0.2) is 12.7 Å². The van der Waals surface area contributed by atoms with Gasteiger partial charge in [0.25, 0.3) is 0 Å². The summed E-state index contributed by atoms with van der Waals surface area (Å²) >= 11 is 0. The van der Waals surface area contributed by atoms with E-state index in [1.807, 2.05) is 0 Å². The Bertz CT molecular complexity index is 153. The van der Waals surface area contributed by atoms with Gasteiger partial charge < -0.3 is 5.11 Å². The molecule has 1 N–H and O–H groups in total. The van der Waals surface area contributed by atoms with Crippen molar-refractivity contribution < 1.29 is 5.11 Å². The molecule has 0 rings (SSSR count). The molecule has 72 valence electrons. The molecule has 0 bridgehead atoms. The summed E-state index contributed by atoms with van der Waals surface area (Å²) in [7, 11) is 0. The highest BCUT2D eigenvalue weighted by atomic mass is 16.3. The van der Waals surface area contributed by atoms with E-state index in [4.69, 9.17) is 0 Å². The SMILES string of the molecule is C=CCC(O)(C(C)C)C(C)(C)C. The van der Waals surface area contributed by atoms with Crippen LogP contribution in [-0.4, -0.2) is 10.7 Å². The van der Waals surface area contributed by atoms with E-state index >= 15 is 0 Å². The minimum atomic E-state index is -0.630. The number of hydrogen-bond acceptors (Lipinski definition) is 1. The quantitative estimate of drug-likeness (QED) is 0.646. The van der Waals surface area contributed by atoms with Gasteiger partial charge in [0.05, 0.1) is 5.60 Å². The molecule has 0 aliphatic rings. The number of aliphatic hydroxyl groups is 1. The molecule has 1 unspecified atom stereocenters. The highest BCUT2D eigenvalue weighted by molar-refractivity contribution is 4.97. The molecule has 0 aliphatic heterocycles. The summed E-state index contributed by atoms with van der Waals surface area (Å²) in [6.07, 6.45) is 2.46. The molecule has 0 spiro atoms. The smallest absolute Gasteiger partial charge is 0.0752 e. The van der Waals surface area contributed by atoms with Crippen LogP contribution in [0.3, 0.4) is 0 Å². The zero-order valence-electron chi connectivity index (χ0n) is 9.02. The Kier molecular flexibility index (Phi) is 3.52. The van der Waals surface area contributed by atoms with Crippen molar-refractivity contribution in [3.8, 4) is 0 Å². The van der Waals surface area contributed by atoms with E-state index in [-0.39, 0.29) is 11.3 Å². The lowest BCUT2D eigenvalue weighted by Crippen LogP contribution is -2.47. The summed E-state index contributed by atoms with van der Waals surface area (Å²) < 4.78 is 0. The Morgan fingerprint density at radius 1 is 1.33 bits per heavy atom. The zero-order valence-corrected chi connectivity index (χ0v) is 9.02. The third-order valence-electron chi connectivity index (χ3n) is 2.71. The minimum Gasteiger partial charge on any atom is -0.389 e. The van der Waals surface area contributed by atoms with Crippen molar-refractivity contribution in [2.45, 2.75) is 46.6 Å².